The van der Waals surface area contributed by atoms with Crippen molar-refractivity contribution in [2.24, 2.45) is 0 Å². The van der Waals surface area contributed by atoms with Gasteiger partial charge in [0.1, 0.15) is 0 Å². The number of benzene rings is 3. The average Bonchev–Trinajstić information content (AvgIpc) is 3.07. The number of ketones is 1. The second-order valence-electron chi connectivity index (χ2n) is 7.80. The van der Waals surface area contributed by atoms with Crippen molar-refractivity contribution >= 4 is 34.3 Å². The lowest BCUT2D eigenvalue weighted by atomic mass is 9.98. The summed E-state index contributed by atoms with van der Waals surface area (Å²) in [6, 6.07) is 21.6. The largest absolute Gasteiger partial charge is 0.336 e. The van der Waals surface area contributed by atoms with Crippen molar-refractivity contribution in [3.63, 3.8) is 0 Å². The zero-order valence-electron chi connectivity index (χ0n) is 16.5. The molecule has 5 rings (SSSR count). The lowest BCUT2D eigenvalue weighted by Crippen LogP contribution is -2.48. The molecule has 3 aromatic carbocycles. The number of carbonyl (C=O) groups excluding carboxylic acids is 2. The fourth-order valence-electron chi connectivity index (χ4n) is 4.43. The number of fused-ring (bicyclic) bond motifs is 3. The number of halogens is 1. The van der Waals surface area contributed by atoms with E-state index in [1.165, 1.54) is 9.13 Å². The van der Waals surface area contributed by atoms with Crippen molar-refractivity contribution in [2.75, 3.05) is 26.2 Å². The van der Waals surface area contributed by atoms with E-state index in [-0.39, 0.29) is 11.7 Å². The van der Waals surface area contributed by atoms with Crippen molar-refractivity contribution in [3.8, 4) is 11.1 Å². The summed E-state index contributed by atoms with van der Waals surface area (Å²) >= 11 is 2.34. The summed E-state index contributed by atoms with van der Waals surface area (Å²) in [5.74, 6) is 0.0304. The van der Waals surface area contributed by atoms with Crippen LogP contribution in [0, 0.1) is 3.57 Å². The topological polar surface area (TPSA) is 40.6 Å². The van der Waals surface area contributed by atoms with Crippen LogP contribution in [-0.4, -0.2) is 47.7 Å². The highest BCUT2D eigenvalue weighted by molar-refractivity contribution is 14.1. The highest BCUT2D eigenvalue weighted by atomic mass is 127. The van der Waals surface area contributed by atoms with Crippen molar-refractivity contribution in [2.45, 2.75) is 6.54 Å². The van der Waals surface area contributed by atoms with Gasteiger partial charge < -0.3 is 4.90 Å². The number of amides is 1. The Kier molecular flexibility index (Phi) is 5.16. The van der Waals surface area contributed by atoms with Gasteiger partial charge in [-0.3, -0.25) is 14.5 Å². The summed E-state index contributed by atoms with van der Waals surface area (Å²) in [6.45, 7) is 4.00. The molecule has 0 unspecified atom stereocenters. The molecule has 1 amide bonds. The molecule has 4 nitrogen and oxygen atoms in total. The molecule has 1 fully saturated rings. The zero-order valence-corrected chi connectivity index (χ0v) is 18.6. The highest BCUT2D eigenvalue weighted by Crippen LogP contribution is 2.39. The lowest BCUT2D eigenvalue weighted by Gasteiger charge is -2.35. The molecule has 0 spiro atoms. The van der Waals surface area contributed by atoms with Crippen molar-refractivity contribution in [1.29, 1.82) is 0 Å². The first-order valence-electron chi connectivity index (χ1n) is 10.1. The van der Waals surface area contributed by atoms with Gasteiger partial charge in [0.15, 0.2) is 5.78 Å². The summed E-state index contributed by atoms with van der Waals surface area (Å²) < 4.78 is 1.24. The monoisotopic (exact) mass is 508 g/mol. The average molecular weight is 508 g/mol. The van der Waals surface area contributed by atoms with E-state index in [4.69, 9.17) is 0 Å². The van der Waals surface area contributed by atoms with Gasteiger partial charge in [0.2, 0.25) is 0 Å². The Labute approximate surface area is 189 Å². The second-order valence-corrected chi connectivity index (χ2v) is 9.05. The van der Waals surface area contributed by atoms with Gasteiger partial charge in [-0.05, 0) is 51.9 Å². The minimum absolute atomic E-state index is 0.0116. The van der Waals surface area contributed by atoms with Crippen LogP contribution < -0.4 is 0 Å². The normalized spacial score (nSPS) is 15.8. The quantitative estimate of drug-likeness (QED) is 0.384. The fraction of sp³-hybridized carbons (Fsp3) is 0.200. The lowest BCUT2D eigenvalue weighted by molar-refractivity contribution is 0.0629. The van der Waals surface area contributed by atoms with Crippen LogP contribution in [0.2, 0.25) is 0 Å². The van der Waals surface area contributed by atoms with Crippen LogP contribution >= 0.6 is 22.6 Å². The molecule has 150 valence electrons. The van der Waals surface area contributed by atoms with E-state index in [2.05, 4.69) is 51.8 Å². The Hall–Kier alpha value is -2.51. The van der Waals surface area contributed by atoms with Gasteiger partial charge in [-0.1, -0.05) is 48.5 Å². The van der Waals surface area contributed by atoms with Crippen molar-refractivity contribution in [3.05, 3.63) is 92.6 Å². The Bertz CT molecular complexity index is 1150. The molecule has 0 bridgehead atoms. The molecule has 0 atom stereocenters. The first-order valence-corrected chi connectivity index (χ1v) is 11.2. The number of hydrogen-bond donors (Lipinski definition) is 0. The van der Waals surface area contributed by atoms with Crippen LogP contribution in [0.4, 0.5) is 0 Å². The predicted molar refractivity (Wildman–Crippen MR) is 126 cm³/mol. The Morgan fingerprint density at radius 1 is 0.833 bits per heavy atom. The molecular weight excluding hydrogens is 487 g/mol. The smallest absolute Gasteiger partial charge is 0.254 e. The van der Waals surface area contributed by atoms with Gasteiger partial charge in [-0.2, -0.15) is 0 Å². The Morgan fingerprint density at radius 3 is 2.30 bits per heavy atom. The van der Waals surface area contributed by atoms with Gasteiger partial charge >= 0.3 is 0 Å². The molecule has 5 heteroatoms. The van der Waals surface area contributed by atoms with Gasteiger partial charge in [0.25, 0.3) is 5.91 Å². The molecule has 0 saturated carbocycles. The van der Waals surface area contributed by atoms with Crippen molar-refractivity contribution < 1.29 is 9.59 Å². The molecule has 1 saturated heterocycles. The third-order valence-corrected chi connectivity index (χ3v) is 6.61. The van der Waals surface area contributed by atoms with Crippen molar-refractivity contribution in [1.82, 2.24) is 9.80 Å². The van der Waals surface area contributed by atoms with Gasteiger partial charge in [-0.15, -0.1) is 0 Å². The van der Waals surface area contributed by atoms with Crippen LogP contribution in [0.15, 0.2) is 66.7 Å². The number of rotatable bonds is 3. The van der Waals surface area contributed by atoms with Crippen LogP contribution in [0.1, 0.15) is 31.8 Å². The first-order chi connectivity index (χ1) is 14.6. The number of nitrogens with zero attached hydrogens (tertiary/aromatic N) is 2. The fourth-order valence-corrected chi connectivity index (χ4v) is 5.03. The van der Waals surface area contributed by atoms with E-state index in [1.54, 1.807) is 0 Å². The highest BCUT2D eigenvalue weighted by Gasteiger charge is 2.32. The maximum Gasteiger partial charge on any atom is 0.254 e. The van der Waals surface area contributed by atoms with Crippen LogP contribution in [0.3, 0.4) is 0 Å². The van der Waals surface area contributed by atoms with Gasteiger partial charge in [0, 0.05) is 58.5 Å². The third-order valence-electron chi connectivity index (χ3n) is 5.94. The summed E-state index contributed by atoms with van der Waals surface area (Å²) in [5.41, 5.74) is 4.94. The van der Waals surface area contributed by atoms with Gasteiger partial charge in [-0.25, -0.2) is 0 Å². The summed E-state index contributed by atoms with van der Waals surface area (Å²) in [4.78, 5) is 30.4. The van der Waals surface area contributed by atoms with E-state index in [1.807, 2.05) is 47.4 Å². The van der Waals surface area contributed by atoms with Crippen LogP contribution in [0.25, 0.3) is 11.1 Å². The van der Waals surface area contributed by atoms with E-state index in [0.29, 0.717) is 29.8 Å². The summed E-state index contributed by atoms with van der Waals surface area (Å²) in [6.07, 6.45) is 0. The molecule has 2 aliphatic rings. The summed E-state index contributed by atoms with van der Waals surface area (Å²) in [7, 11) is 0. The molecule has 30 heavy (non-hydrogen) atoms. The number of piperazine rings is 1. The first kappa shape index (κ1) is 19.5. The van der Waals surface area contributed by atoms with Crippen LogP contribution in [0.5, 0.6) is 0 Å². The number of carbonyl (C=O) groups is 2. The molecule has 1 aliphatic carbocycles. The van der Waals surface area contributed by atoms with E-state index in [9.17, 15) is 9.59 Å². The van der Waals surface area contributed by atoms with E-state index >= 15 is 0 Å². The third kappa shape index (κ3) is 3.46. The maximum absolute atomic E-state index is 13.4. The minimum atomic E-state index is 0.0116. The minimum Gasteiger partial charge on any atom is -0.336 e. The second kappa shape index (κ2) is 7.96. The molecular formula is C25H21IN2O2. The van der Waals surface area contributed by atoms with E-state index < -0.39 is 0 Å². The van der Waals surface area contributed by atoms with E-state index in [0.717, 1.165) is 30.8 Å². The summed E-state index contributed by atoms with van der Waals surface area (Å²) in [5, 5.41) is 0. The molecule has 0 radical (unpaired) electrons. The molecule has 0 aromatic heterocycles. The maximum atomic E-state index is 13.4. The standard InChI is InChI=1S/C25H21IN2O2/c26-18-6-3-5-17(15-18)16-27-11-13-28(14-12-27)25(30)22-10-4-9-21-23(22)19-7-1-2-8-20(19)24(21)29/h1-10,15H,11-14,16H2. The Morgan fingerprint density at radius 2 is 1.53 bits per heavy atom. The molecule has 3 aromatic rings. The van der Waals surface area contributed by atoms with Crippen LogP contribution in [-0.2, 0) is 6.54 Å². The molecule has 1 heterocycles. The zero-order chi connectivity index (χ0) is 20.7. The molecule has 1 aliphatic heterocycles. The molecule has 0 N–H and O–H groups in total. The Balaban J connectivity index is 1.34. The predicted octanol–water partition coefficient (Wildman–Crippen LogP) is 4.46. The van der Waals surface area contributed by atoms with Gasteiger partial charge in [0.05, 0.1) is 0 Å². The number of hydrogen-bond acceptors (Lipinski definition) is 3. The SMILES string of the molecule is O=C1c2ccccc2-c2c1cccc2C(=O)N1CCN(Cc2cccc(I)c2)CC1.